The van der Waals surface area contributed by atoms with Gasteiger partial charge in [-0.1, -0.05) is 0 Å². The quantitative estimate of drug-likeness (QED) is 0.575. The minimum Gasteiger partial charge on any atom is -0.335 e. The largest absolute Gasteiger partial charge is 0.335 e. The van der Waals surface area contributed by atoms with Crippen molar-refractivity contribution in [1.29, 1.82) is 21.2 Å². The number of fused-ring (bicyclic) bond motifs is 2. The maximum Gasteiger partial charge on any atom is 0.189 e. The molecule has 1 unspecified atom stereocenters. The van der Waals surface area contributed by atoms with E-state index in [1.165, 1.54) is 9.80 Å². The van der Waals surface area contributed by atoms with E-state index >= 15 is 0 Å². The first-order valence-corrected chi connectivity index (χ1v) is 9.71. The maximum absolute atomic E-state index is 10.1. The van der Waals surface area contributed by atoms with E-state index in [-0.39, 0.29) is 11.6 Å². The van der Waals surface area contributed by atoms with E-state index in [9.17, 15) is 15.8 Å². The Balaban J connectivity index is 2.17. The lowest BCUT2D eigenvalue weighted by atomic mass is 9.44. The van der Waals surface area contributed by atoms with E-state index in [4.69, 9.17) is 5.41 Å². The lowest BCUT2D eigenvalue weighted by molar-refractivity contribution is -0.910. The van der Waals surface area contributed by atoms with Crippen LogP contribution in [0.2, 0.25) is 0 Å². The summed E-state index contributed by atoms with van der Waals surface area (Å²) in [5.41, 5.74) is -0.986. The van der Waals surface area contributed by atoms with Crippen LogP contribution in [0.15, 0.2) is 11.6 Å². The van der Waals surface area contributed by atoms with Gasteiger partial charge in [-0.05, 0) is 25.5 Å². The lowest BCUT2D eigenvalue weighted by Gasteiger charge is -2.56. The van der Waals surface area contributed by atoms with Crippen LogP contribution in [0, 0.1) is 62.1 Å². The molecular formula is C20H28N6+2. The molecule has 3 N–H and O–H groups in total. The predicted molar refractivity (Wildman–Crippen MR) is 96.2 cm³/mol. The third-order valence-electron chi connectivity index (χ3n) is 7.28. The van der Waals surface area contributed by atoms with Crippen LogP contribution < -0.4 is 9.80 Å². The molecule has 0 radical (unpaired) electrons. The van der Waals surface area contributed by atoms with Crippen molar-refractivity contribution in [2.24, 2.45) is 22.7 Å². The minimum atomic E-state index is -1.48. The van der Waals surface area contributed by atoms with Crippen molar-refractivity contribution in [1.82, 2.24) is 0 Å². The predicted octanol–water partition coefficient (Wildman–Crippen LogP) is -0.661. The second-order valence-corrected chi connectivity index (χ2v) is 7.98. The van der Waals surface area contributed by atoms with Crippen LogP contribution in [-0.2, 0) is 0 Å². The van der Waals surface area contributed by atoms with Gasteiger partial charge >= 0.3 is 0 Å². The first-order chi connectivity index (χ1) is 12.5. The average Bonchev–Trinajstić information content (AvgIpc) is 2.70. The fraction of sp³-hybridized carbons (Fsp3) is 0.700. The van der Waals surface area contributed by atoms with Crippen molar-refractivity contribution < 1.29 is 9.80 Å². The number of likely N-dealkylation sites (tertiary alicyclic amines) is 1. The van der Waals surface area contributed by atoms with Crippen molar-refractivity contribution in [2.75, 3.05) is 39.3 Å². The Bertz CT molecular complexity index is 724. The molecule has 0 aromatic heterocycles. The van der Waals surface area contributed by atoms with Crippen LogP contribution >= 0.6 is 0 Å². The third-order valence-corrected chi connectivity index (χ3v) is 7.28. The summed E-state index contributed by atoms with van der Waals surface area (Å²) in [5, 5.41) is 38.7. The van der Waals surface area contributed by atoms with E-state index in [0.717, 1.165) is 57.7 Å². The number of piperidine rings is 1. The highest BCUT2D eigenvalue weighted by Crippen LogP contribution is 2.59. The highest BCUT2D eigenvalue weighted by atomic mass is 15.1. The second kappa shape index (κ2) is 6.84. The Kier molecular flexibility index (Phi) is 4.89. The van der Waals surface area contributed by atoms with Gasteiger partial charge in [0.1, 0.15) is 5.92 Å². The van der Waals surface area contributed by atoms with E-state index in [1.807, 2.05) is 0 Å². The lowest BCUT2D eigenvalue weighted by Crippen LogP contribution is -3.14. The zero-order valence-electron chi connectivity index (χ0n) is 15.7. The second-order valence-electron chi connectivity index (χ2n) is 7.98. The van der Waals surface area contributed by atoms with Crippen LogP contribution in [0.1, 0.15) is 26.7 Å². The van der Waals surface area contributed by atoms with Crippen molar-refractivity contribution in [3.05, 3.63) is 11.6 Å². The van der Waals surface area contributed by atoms with Crippen LogP contribution in [0.3, 0.4) is 0 Å². The molecule has 0 aromatic rings. The molecule has 1 saturated carbocycles. The van der Waals surface area contributed by atoms with Crippen molar-refractivity contribution in [3.63, 3.8) is 0 Å². The van der Waals surface area contributed by atoms with Crippen molar-refractivity contribution in [3.8, 4) is 18.2 Å². The molecule has 0 aromatic carbocycles. The van der Waals surface area contributed by atoms with Gasteiger partial charge in [0.25, 0.3) is 0 Å². The summed E-state index contributed by atoms with van der Waals surface area (Å²) in [5.74, 6) is -0.678. The Hall–Kier alpha value is -2.20. The SMILES string of the molecule is CC[NH+]1CCC2(CC1)[C@H]1C[NH+](CC)CC=C1[C@H](C#N)C(=N)C2(C#N)C#N. The van der Waals surface area contributed by atoms with Crippen LogP contribution in [0.5, 0.6) is 0 Å². The number of quaternary nitrogens is 2. The maximum atomic E-state index is 10.1. The van der Waals surface area contributed by atoms with Gasteiger partial charge < -0.3 is 15.2 Å². The Morgan fingerprint density at radius 2 is 1.73 bits per heavy atom. The molecule has 2 heterocycles. The minimum absolute atomic E-state index is 0.0207. The van der Waals surface area contributed by atoms with Gasteiger partial charge in [0.15, 0.2) is 5.41 Å². The Labute approximate surface area is 155 Å². The molecule has 26 heavy (non-hydrogen) atoms. The zero-order chi connectivity index (χ0) is 18.9. The van der Waals surface area contributed by atoms with E-state index in [1.54, 1.807) is 0 Å². The number of nitrogens with one attached hydrogen (secondary N) is 3. The molecule has 2 aliphatic heterocycles. The number of hydrogen-bond donors (Lipinski definition) is 3. The number of hydrogen-bond acceptors (Lipinski definition) is 4. The van der Waals surface area contributed by atoms with Gasteiger partial charge in [-0.3, -0.25) is 0 Å². The summed E-state index contributed by atoms with van der Waals surface area (Å²) >= 11 is 0. The fourth-order valence-electron chi connectivity index (χ4n) is 5.56. The van der Waals surface area contributed by atoms with E-state index < -0.39 is 16.7 Å². The Morgan fingerprint density at radius 3 is 2.23 bits per heavy atom. The van der Waals surface area contributed by atoms with Gasteiger partial charge in [0.2, 0.25) is 0 Å². The summed E-state index contributed by atoms with van der Waals surface area (Å²) < 4.78 is 0. The molecule has 0 bridgehead atoms. The molecule has 1 spiro atoms. The highest BCUT2D eigenvalue weighted by Gasteiger charge is 2.67. The van der Waals surface area contributed by atoms with Gasteiger partial charge in [0, 0.05) is 24.2 Å². The van der Waals surface area contributed by atoms with Crippen LogP contribution in [0.25, 0.3) is 0 Å². The zero-order valence-corrected chi connectivity index (χ0v) is 15.7. The number of rotatable bonds is 2. The number of likely N-dealkylation sites (N-methyl/N-ethyl adjacent to an activating group) is 1. The van der Waals surface area contributed by atoms with E-state index in [0.29, 0.717) is 0 Å². The fourth-order valence-corrected chi connectivity index (χ4v) is 5.56. The van der Waals surface area contributed by atoms with Gasteiger partial charge in [-0.15, -0.1) is 0 Å². The smallest absolute Gasteiger partial charge is 0.189 e. The summed E-state index contributed by atoms with van der Waals surface area (Å²) in [4.78, 5) is 2.92. The molecule has 0 amide bonds. The van der Waals surface area contributed by atoms with Crippen LogP contribution in [0.4, 0.5) is 0 Å². The normalized spacial score (nSPS) is 38.4. The molecule has 6 nitrogen and oxygen atoms in total. The molecule has 3 rings (SSSR count). The monoisotopic (exact) mass is 352 g/mol. The molecule has 136 valence electrons. The molecule has 1 saturated heterocycles. The molecule has 3 aliphatic rings. The van der Waals surface area contributed by atoms with Crippen LogP contribution in [-0.4, -0.2) is 45.0 Å². The van der Waals surface area contributed by atoms with Gasteiger partial charge in [0.05, 0.1) is 63.2 Å². The van der Waals surface area contributed by atoms with Crippen molar-refractivity contribution in [2.45, 2.75) is 26.7 Å². The third kappa shape index (κ3) is 2.32. The molecule has 2 fully saturated rings. The van der Waals surface area contributed by atoms with Crippen molar-refractivity contribution >= 4 is 5.71 Å². The number of nitriles is 3. The average molecular weight is 352 g/mol. The highest BCUT2D eigenvalue weighted by molar-refractivity contribution is 6.00. The summed E-state index contributed by atoms with van der Waals surface area (Å²) in [7, 11) is 0. The van der Waals surface area contributed by atoms with Gasteiger partial charge in [-0.2, -0.15) is 15.8 Å². The Morgan fingerprint density at radius 1 is 1.12 bits per heavy atom. The molecule has 6 heteroatoms. The first-order valence-electron chi connectivity index (χ1n) is 9.71. The standard InChI is InChI=1S/C20H26N6/c1-3-25-9-6-19(7-10-25)17-12-26(4-2)8-5-15(17)16(11-21)18(24)20(19,13-22)14-23/h5,16-17,24H,3-4,6-10,12H2,1-2H3/p+2/t16-,17-/m0/s1. The molecular weight excluding hydrogens is 324 g/mol. The van der Waals surface area contributed by atoms with Gasteiger partial charge in [-0.25, -0.2) is 0 Å². The topological polar surface area (TPSA) is 104 Å². The molecule has 1 aliphatic carbocycles. The summed E-state index contributed by atoms with van der Waals surface area (Å²) in [6, 6.07) is 6.76. The summed E-state index contributed by atoms with van der Waals surface area (Å²) in [6.45, 7) is 9.93. The summed E-state index contributed by atoms with van der Waals surface area (Å²) in [6.07, 6.45) is 3.68. The first kappa shape index (κ1) is 18.6. The van der Waals surface area contributed by atoms with E-state index in [2.05, 4.69) is 38.1 Å². The number of nitrogens with zero attached hydrogens (tertiary/aromatic N) is 3. The molecule has 3 atom stereocenters.